The van der Waals surface area contributed by atoms with E-state index in [0.29, 0.717) is 11.1 Å². The van der Waals surface area contributed by atoms with Gasteiger partial charge in [0.05, 0.1) is 4.90 Å². The molecule has 100 valence electrons. The molecule has 1 amide bonds. The monoisotopic (exact) mass is 270 g/mol. The number of aryl methyl sites for hydroxylation is 1. The zero-order valence-electron chi connectivity index (χ0n) is 10.7. The van der Waals surface area contributed by atoms with Gasteiger partial charge in [-0.3, -0.25) is 4.79 Å². The van der Waals surface area contributed by atoms with E-state index in [0.717, 1.165) is 6.42 Å². The number of carbonyl (C=O) groups is 1. The average Bonchev–Trinajstić information content (AvgIpc) is 2.27. The highest BCUT2D eigenvalue weighted by atomic mass is 32.2. The van der Waals surface area contributed by atoms with Crippen molar-refractivity contribution in [3.05, 3.63) is 29.3 Å². The number of sulfonamides is 1. The van der Waals surface area contributed by atoms with E-state index >= 15 is 0 Å². The second-order valence-electron chi connectivity index (χ2n) is 4.31. The predicted molar refractivity (Wildman–Crippen MR) is 69.8 cm³/mol. The topological polar surface area (TPSA) is 89.3 Å². The molecule has 3 N–H and O–H groups in total. The van der Waals surface area contributed by atoms with Gasteiger partial charge in [-0.05, 0) is 38.0 Å². The number of nitrogens with two attached hydrogens (primary N) is 1. The molecule has 0 saturated carbocycles. The third kappa shape index (κ3) is 3.54. The Kier molecular flexibility index (Phi) is 4.48. The lowest BCUT2D eigenvalue weighted by atomic mass is 10.1. The van der Waals surface area contributed by atoms with Crippen molar-refractivity contribution in [1.29, 1.82) is 0 Å². The predicted octanol–water partition coefficient (Wildman–Crippen LogP) is 1.17. The maximum Gasteiger partial charge on any atom is 0.251 e. The van der Waals surface area contributed by atoms with Gasteiger partial charge in [0.15, 0.2) is 0 Å². The van der Waals surface area contributed by atoms with Crippen molar-refractivity contribution in [1.82, 2.24) is 5.32 Å². The Labute approximate surface area is 107 Å². The van der Waals surface area contributed by atoms with Gasteiger partial charge in [-0.25, -0.2) is 13.6 Å². The van der Waals surface area contributed by atoms with Crippen molar-refractivity contribution in [2.24, 2.45) is 5.14 Å². The third-order valence-corrected chi connectivity index (χ3v) is 3.80. The average molecular weight is 270 g/mol. The number of benzene rings is 1. The molecule has 0 fully saturated rings. The fourth-order valence-corrected chi connectivity index (χ4v) is 2.27. The maximum absolute atomic E-state index is 11.9. The standard InChI is InChI=1S/C12H18N2O3S/c1-4-9(3)14-12(15)10-6-5-8(2)11(7-10)18(13,16)17/h5-7,9H,4H2,1-3H3,(H,14,15)(H2,13,16,17). The molecule has 1 atom stereocenters. The van der Waals surface area contributed by atoms with Gasteiger partial charge < -0.3 is 5.32 Å². The molecule has 0 spiro atoms. The second kappa shape index (κ2) is 5.49. The first kappa shape index (κ1) is 14.7. The first-order chi connectivity index (χ1) is 8.25. The van der Waals surface area contributed by atoms with Crippen LogP contribution in [0, 0.1) is 6.92 Å². The van der Waals surface area contributed by atoms with Crippen molar-refractivity contribution in [2.75, 3.05) is 0 Å². The molecule has 0 bridgehead atoms. The largest absolute Gasteiger partial charge is 0.350 e. The van der Waals surface area contributed by atoms with Crippen LogP contribution in [0.25, 0.3) is 0 Å². The minimum atomic E-state index is -3.80. The molecule has 1 aromatic rings. The number of primary sulfonamides is 1. The summed E-state index contributed by atoms with van der Waals surface area (Å²) >= 11 is 0. The first-order valence-corrected chi connectivity index (χ1v) is 7.24. The van der Waals surface area contributed by atoms with Crippen molar-refractivity contribution in [2.45, 2.75) is 38.1 Å². The highest BCUT2D eigenvalue weighted by Gasteiger charge is 2.15. The molecule has 1 rings (SSSR count). The van der Waals surface area contributed by atoms with Crippen molar-refractivity contribution < 1.29 is 13.2 Å². The molecule has 5 nitrogen and oxygen atoms in total. The molecule has 0 aliphatic heterocycles. The van der Waals surface area contributed by atoms with Gasteiger partial charge in [0.2, 0.25) is 10.0 Å². The Balaban J connectivity index is 3.10. The molecule has 6 heteroatoms. The van der Waals surface area contributed by atoms with Crippen molar-refractivity contribution >= 4 is 15.9 Å². The molecular formula is C12H18N2O3S. The molecule has 0 aliphatic carbocycles. The summed E-state index contributed by atoms with van der Waals surface area (Å²) in [5.74, 6) is -0.297. The smallest absolute Gasteiger partial charge is 0.251 e. The van der Waals surface area contributed by atoms with E-state index in [1.54, 1.807) is 19.1 Å². The summed E-state index contributed by atoms with van der Waals surface area (Å²) in [4.78, 5) is 11.8. The lowest BCUT2D eigenvalue weighted by molar-refractivity contribution is 0.0939. The van der Waals surface area contributed by atoms with Gasteiger partial charge >= 0.3 is 0 Å². The zero-order valence-corrected chi connectivity index (χ0v) is 11.5. The molecular weight excluding hydrogens is 252 g/mol. The number of hydrogen-bond acceptors (Lipinski definition) is 3. The highest BCUT2D eigenvalue weighted by Crippen LogP contribution is 2.15. The van der Waals surface area contributed by atoms with Crippen LogP contribution in [0.2, 0.25) is 0 Å². The van der Waals surface area contributed by atoms with Crippen LogP contribution >= 0.6 is 0 Å². The third-order valence-electron chi connectivity index (χ3n) is 2.75. The first-order valence-electron chi connectivity index (χ1n) is 5.70. The molecule has 0 aromatic heterocycles. The number of nitrogens with one attached hydrogen (secondary N) is 1. The normalized spacial score (nSPS) is 13.1. The van der Waals surface area contributed by atoms with Gasteiger partial charge in [-0.2, -0.15) is 0 Å². The van der Waals surface area contributed by atoms with Crippen LogP contribution in [0.1, 0.15) is 36.2 Å². The van der Waals surface area contributed by atoms with E-state index in [1.807, 2.05) is 13.8 Å². The van der Waals surface area contributed by atoms with E-state index < -0.39 is 10.0 Å². The van der Waals surface area contributed by atoms with Crippen LogP contribution in [0.15, 0.2) is 23.1 Å². The SMILES string of the molecule is CCC(C)NC(=O)c1ccc(C)c(S(N)(=O)=O)c1. The minimum absolute atomic E-state index is 0.0145. The Morgan fingerprint density at radius 2 is 2.06 bits per heavy atom. The molecule has 18 heavy (non-hydrogen) atoms. The lowest BCUT2D eigenvalue weighted by Crippen LogP contribution is -2.32. The molecule has 0 radical (unpaired) electrons. The quantitative estimate of drug-likeness (QED) is 0.860. The summed E-state index contributed by atoms with van der Waals surface area (Å²) in [5, 5.41) is 7.86. The summed E-state index contributed by atoms with van der Waals surface area (Å²) in [6, 6.07) is 4.51. The van der Waals surface area contributed by atoms with Gasteiger partial charge in [0.25, 0.3) is 5.91 Å². The molecule has 1 aromatic carbocycles. The van der Waals surface area contributed by atoms with E-state index in [1.165, 1.54) is 6.07 Å². The fourth-order valence-electron chi connectivity index (χ4n) is 1.46. The minimum Gasteiger partial charge on any atom is -0.350 e. The Morgan fingerprint density at radius 3 is 2.56 bits per heavy atom. The summed E-state index contributed by atoms with van der Waals surface area (Å²) in [5.41, 5.74) is 0.822. The van der Waals surface area contributed by atoms with Gasteiger partial charge in [-0.1, -0.05) is 13.0 Å². The number of rotatable bonds is 4. The van der Waals surface area contributed by atoms with Crippen molar-refractivity contribution in [3.63, 3.8) is 0 Å². The Hall–Kier alpha value is -1.40. The Morgan fingerprint density at radius 1 is 1.44 bits per heavy atom. The van der Waals surface area contributed by atoms with E-state index in [2.05, 4.69) is 5.32 Å². The van der Waals surface area contributed by atoms with E-state index in [9.17, 15) is 13.2 Å². The van der Waals surface area contributed by atoms with Gasteiger partial charge in [0.1, 0.15) is 0 Å². The maximum atomic E-state index is 11.9. The van der Waals surface area contributed by atoms with Crippen LogP contribution in [0.5, 0.6) is 0 Å². The summed E-state index contributed by atoms with van der Waals surface area (Å²) in [7, 11) is -3.80. The van der Waals surface area contributed by atoms with Gasteiger partial charge in [-0.15, -0.1) is 0 Å². The number of amides is 1. The van der Waals surface area contributed by atoms with Crippen LogP contribution in [-0.2, 0) is 10.0 Å². The van der Waals surface area contributed by atoms with E-state index in [-0.39, 0.29) is 16.8 Å². The molecule has 0 saturated heterocycles. The number of carbonyl (C=O) groups excluding carboxylic acids is 1. The molecule has 1 unspecified atom stereocenters. The van der Waals surface area contributed by atoms with E-state index in [4.69, 9.17) is 5.14 Å². The second-order valence-corrected chi connectivity index (χ2v) is 5.84. The summed E-state index contributed by atoms with van der Waals surface area (Å²) in [6.07, 6.45) is 0.805. The summed E-state index contributed by atoms with van der Waals surface area (Å²) < 4.78 is 22.7. The van der Waals surface area contributed by atoms with Crippen LogP contribution in [0.3, 0.4) is 0 Å². The van der Waals surface area contributed by atoms with Crippen LogP contribution in [-0.4, -0.2) is 20.4 Å². The molecule has 0 aliphatic rings. The van der Waals surface area contributed by atoms with Crippen molar-refractivity contribution in [3.8, 4) is 0 Å². The summed E-state index contributed by atoms with van der Waals surface area (Å²) in [6.45, 7) is 5.47. The van der Waals surface area contributed by atoms with Crippen LogP contribution < -0.4 is 10.5 Å². The van der Waals surface area contributed by atoms with Gasteiger partial charge in [0, 0.05) is 11.6 Å². The zero-order chi connectivity index (χ0) is 13.9. The Bertz CT molecular complexity index is 552. The highest BCUT2D eigenvalue weighted by molar-refractivity contribution is 7.89. The molecule has 0 heterocycles. The fraction of sp³-hybridized carbons (Fsp3) is 0.417. The van der Waals surface area contributed by atoms with Crippen LogP contribution in [0.4, 0.5) is 0 Å². The number of hydrogen-bond donors (Lipinski definition) is 2. The lowest BCUT2D eigenvalue weighted by Gasteiger charge is -2.12.